The highest BCUT2D eigenvalue weighted by Gasteiger charge is 2.30. The Kier molecular flexibility index (Phi) is 8.84. The number of hydrogen-bond donors (Lipinski definition) is 1. The molecular formula is C26H34N4O4S. The van der Waals surface area contributed by atoms with Crippen molar-refractivity contribution in [2.75, 3.05) is 20.0 Å². The first-order valence-corrected chi connectivity index (χ1v) is 12.9. The number of ether oxygens (including phenoxy) is 2. The SMILES string of the molecule is COc1cc2nc(SCC(=O)NC(C)(C#N)C(C)C)n(CCC3=CCCCC3)c(=O)c2cc1OC. The highest BCUT2D eigenvalue weighted by atomic mass is 32.2. The van der Waals surface area contributed by atoms with Crippen LogP contribution in [0.2, 0.25) is 0 Å². The first-order chi connectivity index (χ1) is 16.7. The van der Waals surface area contributed by atoms with Crippen molar-refractivity contribution >= 4 is 28.6 Å². The first kappa shape index (κ1) is 26.6. The molecule has 1 aliphatic rings. The third kappa shape index (κ3) is 6.17. The Bertz CT molecular complexity index is 1210. The van der Waals surface area contributed by atoms with Crippen molar-refractivity contribution in [1.29, 1.82) is 5.26 Å². The maximum absolute atomic E-state index is 13.5. The molecule has 2 aromatic rings. The number of amides is 1. The van der Waals surface area contributed by atoms with E-state index in [2.05, 4.69) is 17.5 Å². The van der Waals surface area contributed by atoms with Gasteiger partial charge in [0, 0.05) is 12.6 Å². The fourth-order valence-corrected chi connectivity index (χ4v) is 4.80. The Morgan fingerprint density at radius 1 is 1.29 bits per heavy atom. The Morgan fingerprint density at radius 3 is 2.60 bits per heavy atom. The summed E-state index contributed by atoms with van der Waals surface area (Å²) >= 11 is 1.20. The maximum Gasteiger partial charge on any atom is 0.262 e. The molecule has 1 heterocycles. The second kappa shape index (κ2) is 11.6. The number of carbonyl (C=O) groups excluding carboxylic acids is 1. The molecule has 0 spiro atoms. The van der Waals surface area contributed by atoms with Crippen molar-refractivity contribution in [2.24, 2.45) is 5.92 Å². The molecule has 1 atom stereocenters. The van der Waals surface area contributed by atoms with Crippen LogP contribution >= 0.6 is 11.8 Å². The summed E-state index contributed by atoms with van der Waals surface area (Å²) in [5, 5.41) is 13.2. The molecule has 0 aliphatic heterocycles. The summed E-state index contributed by atoms with van der Waals surface area (Å²) in [5.41, 5.74) is 0.684. The van der Waals surface area contributed by atoms with Crippen LogP contribution in [0.1, 0.15) is 52.9 Å². The minimum absolute atomic E-state index is 0.0396. The van der Waals surface area contributed by atoms with Crippen molar-refractivity contribution in [3.8, 4) is 17.6 Å². The number of carbonyl (C=O) groups is 1. The van der Waals surface area contributed by atoms with Gasteiger partial charge < -0.3 is 14.8 Å². The normalized spacial score (nSPS) is 15.3. The summed E-state index contributed by atoms with van der Waals surface area (Å²) in [5.74, 6) is 0.649. The van der Waals surface area contributed by atoms with Crippen molar-refractivity contribution in [3.63, 3.8) is 0 Å². The van der Waals surface area contributed by atoms with E-state index in [1.165, 1.54) is 44.4 Å². The zero-order valence-corrected chi connectivity index (χ0v) is 22.0. The summed E-state index contributed by atoms with van der Waals surface area (Å²) in [4.78, 5) is 31.0. The highest BCUT2D eigenvalue weighted by Crippen LogP contribution is 2.31. The zero-order valence-electron chi connectivity index (χ0n) is 21.1. The van der Waals surface area contributed by atoms with Gasteiger partial charge in [0.1, 0.15) is 5.54 Å². The molecule has 0 saturated carbocycles. The molecule has 35 heavy (non-hydrogen) atoms. The van der Waals surface area contributed by atoms with Gasteiger partial charge in [-0.3, -0.25) is 14.2 Å². The quantitative estimate of drug-likeness (QED) is 0.293. The van der Waals surface area contributed by atoms with E-state index in [1.807, 2.05) is 13.8 Å². The van der Waals surface area contributed by atoms with Crippen LogP contribution in [0.4, 0.5) is 0 Å². The van der Waals surface area contributed by atoms with Gasteiger partial charge in [0.05, 0.1) is 36.9 Å². The summed E-state index contributed by atoms with van der Waals surface area (Å²) in [7, 11) is 3.06. The van der Waals surface area contributed by atoms with Crippen molar-refractivity contribution in [2.45, 2.75) is 70.1 Å². The molecule has 0 saturated heterocycles. The van der Waals surface area contributed by atoms with Crippen LogP contribution in [-0.2, 0) is 11.3 Å². The van der Waals surface area contributed by atoms with Gasteiger partial charge in [0.15, 0.2) is 16.7 Å². The lowest BCUT2D eigenvalue weighted by Gasteiger charge is -2.27. The van der Waals surface area contributed by atoms with Crippen LogP contribution in [0.15, 0.2) is 33.7 Å². The minimum atomic E-state index is -0.967. The molecule has 9 heteroatoms. The van der Waals surface area contributed by atoms with Gasteiger partial charge in [-0.15, -0.1) is 0 Å². The molecule has 1 aromatic carbocycles. The Morgan fingerprint density at radius 2 is 2.00 bits per heavy atom. The van der Waals surface area contributed by atoms with Gasteiger partial charge >= 0.3 is 0 Å². The average molecular weight is 499 g/mol. The van der Waals surface area contributed by atoms with Crippen molar-refractivity contribution < 1.29 is 14.3 Å². The number of benzene rings is 1. The fraction of sp³-hybridized carbons (Fsp3) is 0.538. The van der Waals surface area contributed by atoms with Crippen LogP contribution in [0, 0.1) is 17.2 Å². The molecule has 1 aliphatic carbocycles. The number of methoxy groups -OCH3 is 2. The zero-order chi connectivity index (χ0) is 25.6. The van der Waals surface area contributed by atoms with Gasteiger partial charge in [0.2, 0.25) is 5.91 Å². The van der Waals surface area contributed by atoms with E-state index >= 15 is 0 Å². The molecule has 0 bridgehead atoms. The third-order valence-electron chi connectivity index (χ3n) is 6.58. The van der Waals surface area contributed by atoms with Crippen LogP contribution < -0.4 is 20.3 Å². The summed E-state index contributed by atoms with van der Waals surface area (Å²) in [6, 6.07) is 5.52. The Labute approximate surface area is 210 Å². The molecule has 0 radical (unpaired) electrons. The summed E-state index contributed by atoms with van der Waals surface area (Å²) in [6.45, 7) is 5.97. The molecule has 1 aromatic heterocycles. The number of nitriles is 1. The molecule has 3 rings (SSSR count). The van der Waals surface area contributed by atoms with Crippen LogP contribution in [-0.4, -0.2) is 41.0 Å². The van der Waals surface area contributed by atoms with Crippen LogP contribution in [0.25, 0.3) is 10.9 Å². The maximum atomic E-state index is 13.5. The molecular weight excluding hydrogens is 464 g/mol. The second-order valence-corrected chi connectivity index (χ2v) is 10.2. The Hall–Kier alpha value is -2.99. The predicted octanol–water partition coefficient (Wildman–Crippen LogP) is 4.45. The third-order valence-corrected chi connectivity index (χ3v) is 7.56. The Balaban J connectivity index is 1.95. The summed E-state index contributed by atoms with van der Waals surface area (Å²) in [6.07, 6.45) is 7.53. The second-order valence-electron chi connectivity index (χ2n) is 9.24. The van der Waals surface area contributed by atoms with Gasteiger partial charge in [-0.25, -0.2) is 4.98 Å². The topological polar surface area (TPSA) is 106 Å². The number of fused-ring (bicyclic) bond motifs is 1. The lowest BCUT2D eigenvalue weighted by molar-refractivity contribution is -0.120. The van der Waals surface area contributed by atoms with Gasteiger partial charge in [-0.05, 0) is 51.0 Å². The number of rotatable bonds is 10. The standard InChI is InChI=1S/C26H34N4O4S/c1-17(2)26(3,16-27)29-23(31)15-35-25-28-20-14-22(34-5)21(33-4)13-19(20)24(32)30(25)12-11-18-9-7-6-8-10-18/h9,13-14,17H,6-8,10-12,15H2,1-5H3,(H,29,31). The van der Waals surface area contributed by atoms with Crippen LogP contribution in [0.3, 0.4) is 0 Å². The molecule has 1 N–H and O–H groups in total. The predicted molar refractivity (Wildman–Crippen MR) is 138 cm³/mol. The van der Waals surface area contributed by atoms with E-state index in [0.717, 1.165) is 19.3 Å². The minimum Gasteiger partial charge on any atom is -0.493 e. The average Bonchev–Trinajstić information content (AvgIpc) is 2.86. The monoisotopic (exact) mass is 498 g/mol. The van der Waals surface area contributed by atoms with Crippen LogP contribution in [0.5, 0.6) is 11.5 Å². The largest absolute Gasteiger partial charge is 0.493 e. The van der Waals surface area contributed by atoms with E-state index in [4.69, 9.17) is 14.5 Å². The first-order valence-electron chi connectivity index (χ1n) is 11.9. The smallest absolute Gasteiger partial charge is 0.262 e. The fourth-order valence-electron chi connectivity index (χ4n) is 3.98. The van der Waals surface area contributed by atoms with E-state index in [1.54, 1.807) is 23.6 Å². The van der Waals surface area contributed by atoms with Gasteiger partial charge in [-0.1, -0.05) is 37.3 Å². The number of allylic oxidation sites excluding steroid dienone is 2. The lowest BCUT2D eigenvalue weighted by atomic mass is 9.90. The van der Waals surface area contributed by atoms with Gasteiger partial charge in [0.25, 0.3) is 5.56 Å². The highest BCUT2D eigenvalue weighted by molar-refractivity contribution is 7.99. The van der Waals surface area contributed by atoms with E-state index in [0.29, 0.717) is 34.1 Å². The molecule has 1 amide bonds. The number of nitrogens with zero attached hydrogens (tertiary/aromatic N) is 3. The number of nitrogens with one attached hydrogen (secondary N) is 1. The molecule has 0 fully saturated rings. The molecule has 8 nitrogen and oxygen atoms in total. The number of thioether (sulfide) groups is 1. The number of aromatic nitrogens is 2. The van der Waals surface area contributed by atoms with E-state index in [9.17, 15) is 14.9 Å². The van der Waals surface area contributed by atoms with Crippen molar-refractivity contribution in [1.82, 2.24) is 14.9 Å². The number of hydrogen-bond acceptors (Lipinski definition) is 7. The van der Waals surface area contributed by atoms with Gasteiger partial charge in [-0.2, -0.15) is 5.26 Å². The molecule has 188 valence electrons. The summed E-state index contributed by atoms with van der Waals surface area (Å²) < 4.78 is 12.4. The lowest BCUT2D eigenvalue weighted by Crippen LogP contribution is -2.49. The van der Waals surface area contributed by atoms with E-state index in [-0.39, 0.29) is 23.1 Å². The van der Waals surface area contributed by atoms with Crippen molar-refractivity contribution in [3.05, 3.63) is 34.1 Å². The van der Waals surface area contributed by atoms with E-state index < -0.39 is 5.54 Å². The molecule has 1 unspecified atom stereocenters.